The van der Waals surface area contributed by atoms with Gasteiger partial charge in [-0.1, -0.05) is 12.1 Å². The van der Waals surface area contributed by atoms with Gasteiger partial charge < -0.3 is 15.4 Å². The third-order valence-corrected chi connectivity index (χ3v) is 3.62. The molecule has 1 amide bonds. The number of para-hydroxylation sites is 1. The highest BCUT2D eigenvalue weighted by atomic mass is 19.4. The van der Waals surface area contributed by atoms with Crippen LogP contribution in [0.15, 0.2) is 60.3 Å². The second-order valence-electron chi connectivity index (χ2n) is 5.61. The molecule has 6 nitrogen and oxygen atoms in total. The average Bonchev–Trinajstić information content (AvgIpc) is 2.68. The van der Waals surface area contributed by atoms with Gasteiger partial charge in [0.1, 0.15) is 11.6 Å². The molecular weight excluding hydrogens is 387 g/mol. The number of nitrogens with zero attached hydrogens (tertiary/aromatic N) is 1. The highest BCUT2D eigenvalue weighted by Gasteiger charge is 2.33. The summed E-state index contributed by atoms with van der Waals surface area (Å²) in [4.78, 5) is 23.8. The summed E-state index contributed by atoms with van der Waals surface area (Å²) in [7, 11) is 0. The zero-order chi connectivity index (χ0) is 21.4. The van der Waals surface area contributed by atoms with Crippen molar-refractivity contribution in [2.75, 3.05) is 17.2 Å². The van der Waals surface area contributed by atoms with Crippen LogP contribution < -0.4 is 10.6 Å². The fourth-order valence-electron chi connectivity index (χ4n) is 2.26. The Morgan fingerprint density at radius 2 is 1.79 bits per heavy atom. The molecule has 2 aromatic rings. The first kappa shape index (κ1) is 21.5. The van der Waals surface area contributed by atoms with Crippen LogP contribution in [0.4, 0.5) is 24.5 Å². The molecule has 0 radical (unpaired) electrons. The minimum absolute atomic E-state index is 0.220. The van der Waals surface area contributed by atoms with Crippen LogP contribution in [0.1, 0.15) is 22.8 Å². The van der Waals surface area contributed by atoms with Crippen molar-refractivity contribution in [1.29, 1.82) is 5.26 Å². The molecule has 0 spiro atoms. The van der Waals surface area contributed by atoms with Gasteiger partial charge in [0.05, 0.1) is 23.4 Å². The van der Waals surface area contributed by atoms with Gasteiger partial charge in [-0.2, -0.15) is 18.4 Å². The monoisotopic (exact) mass is 403 g/mol. The van der Waals surface area contributed by atoms with Crippen LogP contribution in [0.25, 0.3) is 0 Å². The minimum atomic E-state index is -4.59. The number of hydrogen-bond donors (Lipinski definition) is 2. The van der Waals surface area contributed by atoms with Crippen LogP contribution in [-0.4, -0.2) is 18.5 Å². The number of amides is 1. The molecule has 0 saturated carbocycles. The average molecular weight is 403 g/mol. The van der Waals surface area contributed by atoms with Crippen molar-refractivity contribution in [3.63, 3.8) is 0 Å². The number of esters is 1. The second-order valence-corrected chi connectivity index (χ2v) is 5.61. The number of halogens is 3. The molecule has 29 heavy (non-hydrogen) atoms. The molecule has 2 aromatic carbocycles. The number of alkyl halides is 3. The van der Waals surface area contributed by atoms with Crippen LogP contribution in [0.5, 0.6) is 0 Å². The molecule has 0 atom stereocenters. The van der Waals surface area contributed by atoms with E-state index in [-0.39, 0.29) is 17.9 Å². The molecule has 0 aliphatic heterocycles. The van der Waals surface area contributed by atoms with E-state index in [1.54, 1.807) is 13.0 Å². The molecule has 9 heteroatoms. The Morgan fingerprint density at radius 3 is 2.38 bits per heavy atom. The van der Waals surface area contributed by atoms with Gasteiger partial charge in [-0.05, 0) is 43.3 Å². The largest absolute Gasteiger partial charge is 0.462 e. The SMILES string of the molecule is CCOC(=O)c1ccc(NC(=O)/C(C#N)=C\Nc2ccccc2C(F)(F)F)cc1. The summed E-state index contributed by atoms with van der Waals surface area (Å²) in [6.45, 7) is 1.89. The van der Waals surface area contributed by atoms with E-state index in [0.29, 0.717) is 5.69 Å². The third kappa shape index (κ3) is 5.84. The summed E-state index contributed by atoms with van der Waals surface area (Å²) in [5.41, 5.74) is -1.08. The number of carbonyl (C=O) groups is 2. The lowest BCUT2D eigenvalue weighted by Crippen LogP contribution is -2.15. The van der Waals surface area contributed by atoms with Crippen molar-refractivity contribution >= 4 is 23.3 Å². The second kappa shape index (κ2) is 9.41. The van der Waals surface area contributed by atoms with E-state index in [9.17, 15) is 22.8 Å². The zero-order valence-electron chi connectivity index (χ0n) is 15.2. The van der Waals surface area contributed by atoms with Gasteiger partial charge >= 0.3 is 12.1 Å². The van der Waals surface area contributed by atoms with Gasteiger partial charge in [0.25, 0.3) is 5.91 Å². The summed E-state index contributed by atoms with van der Waals surface area (Å²) in [6.07, 6.45) is -3.69. The molecule has 0 fully saturated rings. The summed E-state index contributed by atoms with van der Waals surface area (Å²) in [6, 6.07) is 12.1. The molecular formula is C20H16F3N3O3. The quantitative estimate of drug-likeness (QED) is 0.425. The predicted molar refractivity (Wildman–Crippen MR) is 99.8 cm³/mol. The lowest BCUT2D eigenvalue weighted by Gasteiger charge is -2.12. The van der Waals surface area contributed by atoms with Crippen molar-refractivity contribution in [3.05, 3.63) is 71.4 Å². The Labute approximate surface area is 164 Å². The van der Waals surface area contributed by atoms with Crippen LogP contribution in [0, 0.1) is 11.3 Å². The first-order chi connectivity index (χ1) is 13.8. The van der Waals surface area contributed by atoms with Crippen molar-refractivity contribution in [3.8, 4) is 6.07 Å². The van der Waals surface area contributed by atoms with Crippen molar-refractivity contribution in [1.82, 2.24) is 0 Å². The van der Waals surface area contributed by atoms with E-state index >= 15 is 0 Å². The van der Waals surface area contributed by atoms with Gasteiger partial charge in [-0.3, -0.25) is 4.79 Å². The molecule has 0 bridgehead atoms. The number of nitrogens with one attached hydrogen (secondary N) is 2. The van der Waals surface area contributed by atoms with E-state index in [1.165, 1.54) is 42.5 Å². The standard InChI is InChI=1S/C20H16F3N3O3/c1-2-29-19(28)13-7-9-15(10-8-13)26-18(27)14(11-24)12-25-17-6-4-3-5-16(17)20(21,22)23/h3-10,12,25H,2H2,1H3,(H,26,27)/b14-12-. The minimum Gasteiger partial charge on any atom is -0.462 e. The van der Waals surface area contributed by atoms with Crippen molar-refractivity contribution in [2.45, 2.75) is 13.1 Å². The first-order valence-electron chi connectivity index (χ1n) is 8.37. The summed E-state index contributed by atoms with van der Waals surface area (Å²) in [5, 5.41) is 13.9. The van der Waals surface area contributed by atoms with Crippen LogP contribution in [0.2, 0.25) is 0 Å². The van der Waals surface area contributed by atoms with E-state index in [4.69, 9.17) is 10.00 Å². The molecule has 150 valence electrons. The normalized spacial score (nSPS) is 11.3. The summed E-state index contributed by atoms with van der Waals surface area (Å²) < 4.78 is 43.8. The first-order valence-corrected chi connectivity index (χ1v) is 8.37. The lowest BCUT2D eigenvalue weighted by atomic mass is 10.1. The molecule has 0 heterocycles. The molecule has 0 aliphatic carbocycles. The number of rotatable bonds is 6. The molecule has 0 aromatic heterocycles. The molecule has 0 saturated heterocycles. The molecule has 2 N–H and O–H groups in total. The zero-order valence-corrected chi connectivity index (χ0v) is 15.2. The number of hydrogen-bond acceptors (Lipinski definition) is 5. The van der Waals surface area contributed by atoms with Crippen molar-refractivity contribution in [2.24, 2.45) is 0 Å². The fraction of sp³-hybridized carbons (Fsp3) is 0.150. The van der Waals surface area contributed by atoms with Gasteiger partial charge in [0.15, 0.2) is 0 Å². The van der Waals surface area contributed by atoms with E-state index < -0.39 is 29.2 Å². The smallest absolute Gasteiger partial charge is 0.418 e. The predicted octanol–water partition coefficient (Wildman–Crippen LogP) is 4.34. The van der Waals surface area contributed by atoms with E-state index in [1.807, 2.05) is 0 Å². The Hall–Kier alpha value is -3.80. The number of carbonyl (C=O) groups excluding carboxylic acids is 2. The summed E-state index contributed by atoms with van der Waals surface area (Å²) >= 11 is 0. The Morgan fingerprint density at radius 1 is 1.14 bits per heavy atom. The number of ether oxygens (including phenoxy) is 1. The lowest BCUT2D eigenvalue weighted by molar-refractivity contribution is -0.136. The van der Waals surface area contributed by atoms with Crippen LogP contribution in [-0.2, 0) is 15.7 Å². The van der Waals surface area contributed by atoms with Crippen molar-refractivity contribution < 1.29 is 27.5 Å². The van der Waals surface area contributed by atoms with Gasteiger partial charge in [0.2, 0.25) is 0 Å². The van der Waals surface area contributed by atoms with Gasteiger partial charge in [0, 0.05) is 11.9 Å². The number of benzene rings is 2. The van der Waals surface area contributed by atoms with Gasteiger partial charge in [-0.25, -0.2) is 4.79 Å². The maximum absolute atomic E-state index is 13.0. The Bertz CT molecular complexity index is 961. The van der Waals surface area contributed by atoms with E-state index in [0.717, 1.165) is 12.3 Å². The highest BCUT2D eigenvalue weighted by molar-refractivity contribution is 6.06. The molecule has 2 rings (SSSR count). The topological polar surface area (TPSA) is 91.2 Å². The third-order valence-electron chi connectivity index (χ3n) is 3.62. The Kier molecular flexibility index (Phi) is 6.98. The fourth-order valence-corrected chi connectivity index (χ4v) is 2.26. The number of nitriles is 1. The van der Waals surface area contributed by atoms with Gasteiger partial charge in [-0.15, -0.1) is 0 Å². The number of anilines is 2. The van der Waals surface area contributed by atoms with E-state index in [2.05, 4.69) is 10.6 Å². The molecule has 0 unspecified atom stereocenters. The van der Waals surface area contributed by atoms with Crippen LogP contribution in [0.3, 0.4) is 0 Å². The Balaban J connectivity index is 2.12. The highest BCUT2D eigenvalue weighted by Crippen LogP contribution is 2.34. The maximum Gasteiger partial charge on any atom is 0.418 e. The molecule has 0 aliphatic rings. The maximum atomic E-state index is 13.0. The van der Waals surface area contributed by atoms with Crippen LogP contribution >= 0.6 is 0 Å². The summed E-state index contributed by atoms with van der Waals surface area (Å²) in [5.74, 6) is -1.34.